The maximum atomic E-state index is 12.5. The Kier molecular flexibility index (Phi) is 4.20. The number of aryl methyl sites for hydroxylation is 1. The minimum absolute atomic E-state index is 0.00146. The fourth-order valence-electron chi connectivity index (χ4n) is 2.85. The second kappa shape index (κ2) is 6.26. The largest absolute Gasteiger partial charge is 0.494 e. The van der Waals surface area contributed by atoms with Gasteiger partial charge in [0.2, 0.25) is 0 Å². The van der Waals surface area contributed by atoms with Gasteiger partial charge in [-0.2, -0.15) is 0 Å². The van der Waals surface area contributed by atoms with Gasteiger partial charge in [0.05, 0.1) is 18.8 Å². The van der Waals surface area contributed by atoms with Crippen LogP contribution < -0.4 is 10.3 Å². The third-order valence-corrected chi connectivity index (χ3v) is 4.07. The van der Waals surface area contributed by atoms with Crippen molar-refractivity contribution in [2.75, 3.05) is 20.3 Å². The zero-order valence-electron chi connectivity index (χ0n) is 12.2. The molecule has 0 aliphatic carbocycles. The highest BCUT2D eigenvalue weighted by Gasteiger charge is 2.15. The summed E-state index contributed by atoms with van der Waals surface area (Å²) in [6.45, 7) is 2.44. The second-order valence-electron chi connectivity index (χ2n) is 5.47. The zero-order valence-corrected chi connectivity index (χ0v) is 12.2. The molecule has 2 heterocycles. The molecule has 5 heteroatoms. The van der Waals surface area contributed by atoms with Crippen molar-refractivity contribution in [1.29, 1.82) is 0 Å². The lowest BCUT2D eigenvalue weighted by molar-refractivity contribution is 0.183. The van der Waals surface area contributed by atoms with Gasteiger partial charge in [0.15, 0.2) is 0 Å². The first-order chi connectivity index (χ1) is 10.3. The Hall–Kier alpha value is -1.88. The monoisotopic (exact) mass is 288 g/mol. The molecule has 0 saturated carbocycles. The highest BCUT2D eigenvalue weighted by molar-refractivity contribution is 5.83. The van der Waals surface area contributed by atoms with Crippen LogP contribution in [-0.2, 0) is 11.3 Å². The summed E-state index contributed by atoms with van der Waals surface area (Å²) in [5.41, 5.74) is 0.631. The van der Waals surface area contributed by atoms with Crippen LogP contribution in [0.2, 0.25) is 0 Å². The van der Waals surface area contributed by atoms with E-state index < -0.39 is 0 Å². The van der Waals surface area contributed by atoms with E-state index in [1.165, 1.54) is 0 Å². The van der Waals surface area contributed by atoms with Gasteiger partial charge in [-0.05, 0) is 37.3 Å². The molecule has 0 unspecified atom stereocenters. The molecule has 1 aliphatic rings. The van der Waals surface area contributed by atoms with Gasteiger partial charge in [-0.15, -0.1) is 0 Å². The van der Waals surface area contributed by atoms with Crippen molar-refractivity contribution >= 4 is 10.9 Å². The Bertz CT molecular complexity index is 675. The molecule has 1 aromatic carbocycles. The van der Waals surface area contributed by atoms with Crippen molar-refractivity contribution in [1.82, 2.24) is 9.55 Å². The highest BCUT2D eigenvalue weighted by Crippen LogP contribution is 2.21. The van der Waals surface area contributed by atoms with Crippen LogP contribution in [0.1, 0.15) is 19.3 Å². The number of aromatic nitrogens is 2. The van der Waals surface area contributed by atoms with Gasteiger partial charge in [0.25, 0.3) is 5.56 Å². The van der Waals surface area contributed by atoms with Crippen molar-refractivity contribution < 1.29 is 9.47 Å². The summed E-state index contributed by atoms with van der Waals surface area (Å²) in [7, 11) is 1.59. The standard InChI is InChI=1S/C16H20N2O3/c1-20-14-6-2-5-13-15(14)17-11-18(16(13)19)8-3-4-12-7-9-21-10-12/h2,5-6,11-12H,3-4,7-10H2,1H3/t12-/m1/s1. The second-order valence-corrected chi connectivity index (χ2v) is 5.47. The van der Waals surface area contributed by atoms with Crippen LogP contribution in [-0.4, -0.2) is 29.9 Å². The van der Waals surface area contributed by atoms with Gasteiger partial charge in [-0.3, -0.25) is 9.36 Å². The molecule has 3 rings (SSSR count). The normalized spacial score (nSPS) is 18.2. The lowest BCUT2D eigenvalue weighted by Gasteiger charge is -2.10. The van der Waals surface area contributed by atoms with E-state index in [1.54, 1.807) is 24.1 Å². The van der Waals surface area contributed by atoms with E-state index in [1.807, 2.05) is 12.1 Å². The first kappa shape index (κ1) is 14.1. The molecular formula is C16H20N2O3. The Labute approximate surface area is 123 Å². The summed E-state index contributed by atoms with van der Waals surface area (Å²) >= 11 is 0. The number of methoxy groups -OCH3 is 1. The molecule has 2 aromatic rings. The Morgan fingerprint density at radius 1 is 1.48 bits per heavy atom. The van der Waals surface area contributed by atoms with Gasteiger partial charge in [0.1, 0.15) is 11.3 Å². The summed E-state index contributed by atoms with van der Waals surface area (Å²) in [6, 6.07) is 5.44. The predicted octanol–water partition coefficient (Wildman–Crippen LogP) is 2.22. The molecule has 1 atom stereocenters. The van der Waals surface area contributed by atoms with E-state index >= 15 is 0 Å². The number of rotatable bonds is 5. The molecule has 1 saturated heterocycles. The molecule has 1 aromatic heterocycles. The first-order valence-corrected chi connectivity index (χ1v) is 7.39. The molecule has 0 amide bonds. The molecule has 0 spiro atoms. The smallest absolute Gasteiger partial charge is 0.261 e. The fourth-order valence-corrected chi connectivity index (χ4v) is 2.85. The highest BCUT2D eigenvalue weighted by atomic mass is 16.5. The number of para-hydroxylation sites is 1. The molecular weight excluding hydrogens is 268 g/mol. The molecule has 5 nitrogen and oxygen atoms in total. The topological polar surface area (TPSA) is 53.4 Å². The lowest BCUT2D eigenvalue weighted by Crippen LogP contribution is -2.21. The minimum Gasteiger partial charge on any atom is -0.494 e. The van der Waals surface area contributed by atoms with Crippen LogP contribution in [0.25, 0.3) is 10.9 Å². The summed E-state index contributed by atoms with van der Waals surface area (Å²) in [4.78, 5) is 16.8. The molecule has 1 fully saturated rings. The quantitative estimate of drug-likeness (QED) is 0.846. The van der Waals surface area contributed by atoms with E-state index in [0.717, 1.165) is 32.5 Å². The summed E-state index contributed by atoms with van der Waals surface area (Å²) in [6.07, 6.45) is 4.84. The molecule has 0 radical (unpaired) electrons. The van der Waals surface area contributed by atoms with Crippen LogP contribution in [0.5, 0.6) is 5.75 Å². The first-order valence-electron chi connectivity index (χ1n) is 7.39. The van der Waals surface area contributed by atoms with Crippen molar-refractivity contribution in [2.24, 2.45) is 5.92 Å². The summed E-state index contributed by atoms with van der Waals surface area (Å²) in [5.74, 6) is 1.29. The van der Waals surface area contributed by atoms with Crippen LogP contribution in [0.4, 0.5) is 0 Å². The fraction of sp³-hybridized carbons (Fsp3) is 0.500. The Morgan fingerprint density at radius 2 is 2.38 bits per heavy atom. The minimum atomic E-state index is 0.00146. The third-order valence-electron chi connectivity index (χ3n) is 4.07. The molecule has 0 bridgehead atoms. The lowest BCUT2D eigenvalue weighted by atomic mass is 10.0. The number of benzene rings is 1. The van der Waals surface area contributed by atoms with Gasteiger partial charge in [-0.25, -0.2) is 4.98 Å². The van der Waals surface area contributed by atoms with Crippen molar-refractivity contribution in [3.05, 3.63) is 34.9 Å². The SMILES string of the molecule is COc1cccc2c(=O)n(CCC[C@@H]3CCOC3)cnc12. The third kappa shape index (κ3) is 2.93. The molecule has 0 N–H and O–H groups in total. The Morgan fingerprint density at radius 3 is 3.14 bits per heavy atom. The van der Waals surface area contributed by atoms with Crippen molar-refractivity contribution in [3.8, 4) is 5.75 Å². The predicted molar refractivity (Wildman–Crippen MR) is 80.7 cm³/mol. The zero-order chi connectivity index (χ0) is 14.7. The van der Waals surface area contributed by atoms with E-state index in [0.29, 0.717) is 29.1 Å². The van der Waals surface area contributed by atoms with Gasteiger partial charge in [0, 0.05) is 19.8 Å². The van der Waals surface area contributed by atoms with Gasteiger partial charge in [-0.1, -0.05) is 6.07 Å². The van der Waals surface area contributed by atoms with Gasteiger partial charge < -0.3 is 9.47 Å². The number of fused-ring (bicyclic) bond motifs is 1. The molecule has 112 valence electrons. The van der Waals surface area contributed by atoms with E-state index in [-0.39, 0.29) is 5.56 Å². The Balaban J connectivity index is 1.76. The summed E-state index contributed by atoms with van der Waals surface area (Å²) in [5, 5.41) is 0.612. The maximum absolute atomic E-state index is 12.5. The van der Waals surface area contributed by atoms with E-state index in [9.17, 15) is 4.79 Å². The van der Waals surface area contributed by atoms with Gasteiger partial charge >= 0.3 is 0 Å². The van der Waals surface area contributed by atoms with Crippen molar-refractivity contribution in [2.45, 2.75) is 25.8 Å². The average Bonchev–Trinajstić information content (AvgIpc) is 3.02. The molecule has 1 aliphatic heterocycles. The number of nitrogens with zero attached hydrogens (tertiary/aromatic N) is 2. The van der Waals surface area contributed by atoms with E-state index in [2.05, 4.69) is 4.98 Å². The number of hydrogen-bond acceptors (Lipinski definition) is 4. The molecule has 21 heavy (non-hydrogen) atoms. The van der Waals surface area contributed by atoms with Crippen LogP contribution in [0.15, 0.2) is 29.3 Å². The maximum Gasteiger partial charge on any atom is 0.261 e. The number of ether oxygens (including phenoxy) is 2. The summed E-state index contributed by atoms with van der Waals surface area (Å²) < 4.78 is 12.3. The van der Waals surface area contributed by atoms with Crippen LogP contribution >= 0.6 is 0 Å². The van der Waals surface area contributed by atoms with Crippen molar-refractivity contribution in [3.63, 3.8) is 0 Å². The van der Waals surface area contributed by atoms with Crippen LogP contribution in [0, 0.1) is 5.92 Å². The average molecular weight is 288 g/mol. The van der Waals surface area contributed by atoms with Crippen LogP contribution in [0.3, 0.4) is 0 Å². The van der Waals surface area contributed by atoms with E-state index in [4.69, 9.17) is 9.47 Å². The number of hydrogen-bond donors (Lipinski definition) is 0.